The van der Waals surface area contributed by atoms with E-state index in [-0.39, 0.29) is 5.91 Å². The minimum absolute atomic E-state index is 0.107. The van der Waals surface area contributed by atoms with Crippen LogP contribution in [-0.2, 0) is 7.05 Å². The lowest BCUT2D eigenvalue weighted by molar-refractivity contribution is 0.102. The zero-order valence-corrected chi connectivity index (χ0v) is 11.1. The largest absolute Gasteiger partial charge is 0.307 e. The van der Waals surface area contributed by atoms with Gasteiger partial charge in [-0.1, -0.05) is 17.2 Å². The summed E-state index contributed by atoms with van der Waals surface area (Å²) in [4.78, 5) is 12.1. The zero-order valence-electron chi connectivity index (χ0n) is 11.1. The second kappa shape index (κ2) is 4.64. The number of nitrogens with one attached hydrogen (secondary N) is 1. The van der Waals surface area contributed by atoms with Crippen molar-refractivity contribution in [3.63, 3.8) is 0 Å². The molecule has 0 saturated carbocycles. The van der Waals surface area contributed by atoms with Crippen molar-refractivity contribution < 1.29 is 4.79 Å². The quantitative estimate of drug-likeness (QED) is 0.881. The molecule has 0 radical (unpaired) electrons. The van der Waals surface area contributed by atoms with Crippen LogP contribution in [0.25, 0.3) is 0 Å². The Morgan fingerprint density at radius 1 is 1.11 bits per heavy atom. The van der Waals surface area contributed by atoms with E-state index in [4.69, 9.17) is 0 Å². The number of rotatable bonds is 2. The Labute approximate surface area is 107 Å². The van der Waals surface area contributed by atoms with Gasteiger partial charge in [0.15, 0.2) is 0 Å². The first kappa shape index (κ1) is 12.4. The van der Waals surface area contributed by atoms with Gasteiger partial charge in [0.25, 0.3) is 5.91 Å². The van der Waals surface area contributed by atoms with E-state index in [0.29, 0.717) is 11.4 Å². The van der Waals surface area contributed by atoms with Crippen LogP contribution in [0.2, 0.25) is 0 Å². The molecule has 0 saturated heterocycles. The molecular weight excluding hydrogens is 226 g/mol. The maximum Gasteiger partial charge on any atom is 0.256 e. The summed E-state index contributed by atoms with van der Waals surface area (Å²) in [7, 11) is 1.81. The van der Waals surface area contributed by atoms with Crippen LogP contribution >= 0.6 is 0 Å². The van der Waals surface area contributed by atoms with E-state index in [9.17, 15) is 4.79 Å². The van der Waals surface area contributed by atoms with Crippen LogP contribution in [0.5, 0.6) is 0 Å². The average molecular weight is 243 g/mol. The Hall–Kier alpha value is -2.10. The van der Waals surface area contributed by atoms with Crippen molar-refractivity contribution in [1.82, 2.24) is 9.78 Å². The first-order chi connectivity index (χ1) is 8.45. The highest BCUT2D eigenvalue weighted by atomic mass is 16.1. The molecule has 0 aliphatic rings. The Balaban J connectivity index is 2.24. The number of benzene rings is 1. The van der Waals surface area contributed by atoms with Crippen LogP contribution in [0.4, 0.5) is 5.82 Å². The smallest absolute Gasteiger partial charge is 0.256 e. The Kier molecular flexibility index (Phi) is 3.19. The van der Waals surface area contributed by atoms with Crippen LogP contribution in [0, 0.1) is 20.8 Å². The van der Waals surface area contributed by atoms with Gasteiger partial charge < -0.3 is 5.32 Å². The van der Waals surface area contributed by atoms with Crippen LogP contribution in [0.15, 0.2) is 24.3 Å². The third kappa shape index (κ3) is 2.59. The number of hydrogen-bond acceptors (Lipinski definition) is 2. The molecule has 0 atom stereocenters. The second-order valence-electron chi connectivity index (χ2n) is 4.63. The minimum atomic E-state index is -0.107. The number of amides is 1. The number of carbonyl (C=O) groups excluding carboxylic acids is 1. The van der Waals surface area contributed by atoms with Crippen molar-refractivity contribution in [2.75, 3.05) is 5.32 Å². The molecule has 0 aliphatic carbocycles. The lowest BCUT2D eigenvalue weighted by Crippen LogP contribution is -2.14. The maximum atomic E-state index is 12.1. The summed E-state index contributed by atoms with van der Waals surface area (Å²) >= 11 is 0. The van der Waals surface area contributed by atoms with Gasteiger partial charge in [0, 0.05) is 18.7 Å². The van der Waals surface area contributed by atoms with Gasteiger partial charge in [-0.05, 0) is 32.9 Å². The summed E-state index contributed by atoms with van der Waals surface area (Å²) in [6, 6.07) is 7.66. The first-order valence-corrected chi connectivity index (χ1v) is 5.86. The molecule has 0 aliphatic heterocycles. The summed E-state index contributed by atoms with van der Waals surface area (Å²) in [6.07, 6.45) is 0. The van der Waals surface area contributed by atoms with Crippen molar-refractivity contribution in [3.05, 3.63) is 46.6 Å². The molecule has 0 bridgehead atoms. The highest BCUT2D eigenvalue weighted by Crippen LogP contribution is 2.13. The first-order valence-electron chi connectivity index (χ1n) is 5.86. The SMILES string of the molecule is Cc1cc(C)cc(C(=O)Nc2cc(C)nn2C)c1. The van der Waals surface area contributed by atoms with Gasteiger partial charge in [0.05, 0.1) is 5.69 Å². The lowest BCUT2D eigenvalue weighted by atomic mass is 10.1. The van der Waals surface area contributed by atoms with Gasteiger partial charge in [-0.15, -0.1) is 0 Å². The molecule has 0 fully saturated rings. The number of aryl methyl sites for hydroxylation is 4. The second-order valence-corrected chi connectivity index (χ2v) is 4.63. The molecule has 0 spiro atoms. The van der Waals surface area contributed by atoms with Crippen LogP contribution in [-0.4, -0.2) is 15.7 Å². The number of hydrogen-bond donors (Lipinski definition) is 1. The molecular formula is C14H17N3O. The average Bonchev–Trinajstić information content (AvgIpc) is 2.56. The molecule has 1 aromatic carbocycles. The number of anilines is 1. The summed E-state index contributed by atoms with van der Waals surface area (Å²) < 4.78 is 1.66. The molecule has 18 heavy (non-hydrogen) atoms. The van der Waals surface area contributed by atoms with Crippen molar-refractivity contribution >= 4 is 11.7 Å². The van der Waals surface area contributed by atoms with Gasteiger partial charge in [-0.2, -0.15) is 5.10 Å². The molecule has 1 aromatic heterocycles. The standard InChI is InChI=1S/C14H17N3O/c1-9-5-10(2)7-12(6-9)14(18)15-13-8-11(3)16-17(13)4/h5-8H,1-4H3,(H,15,18). The highest BCUT2D eigenvalue weighted by Gasteiger charge is 2.10. The molecule has 2 aromatic rings. The van der Waals surface area contributed by atoms with Crippen molar-refractivity contribution in [2.24, 2.45) is 7.05 Å². The maximum absolute atomic E-state index is 12.1. The molecule has 1 amide bonds. The van der Waals surface area contributed by atoms with Gasteiger partial charge in [0.2, 0.25) is 0 Å². The van der Waals surface area contributed by atoms with E-state index in [2.05, 4.69) is 10.4 Å². The predicted molar refractivity (Wildman–Crippen MR) is 71.8 cm³/mol. The summed E-state index contributed by atoms with van der Waals surface area (Å²) in [5, 5.41) is 7.06. The monoisotopic (exact) mass is 243 g/mol. The Bertz CT molecular complexity index is 579. The topological polar surface area (TPSA) is 46.9 Å². The van der Waals surface area contributed by atoms with E-state index in [1.54, 1.807) is 4.68 Å². The van der Waals surface area contributed by atoms with Gasteiger partial charge in [-0.25, -0.2) is 0 Å². The molecule has 1 N–H and O–H groups in total. The molecule has 4 heteroatoms. The Morgan fingerprint density at radius 3 is 2.22 bits per heavy atom. The fourth-order valence-corrected chi connectivity index (χ4v) is 2.02. The summed E-state index contributed by atoms with van der Waals surface area (Å²) in [6.45, 7) is 5.86. The normalized spacial score (nSPS) is 10.4. The van der Waals surface area contributed by atoms with E-state index < -0.39 is 0 Å². The minimum Gasteiger partial charge on any atom is -0.307 e. The zero-order chi connectivity index (χ0) is 13.3. The number of nitrogens with zero attached hydrogens (tertiary/aromatic N) is 2. The van der Waals surface area contributed by atoms with E-state index in [1.807, 2.05) is 52.1 Å². The van der Waals surface area contributed by atoms with Crippen molar-refractivity contribution in [2.45, 2.75) is 20.8 Å². The molecule has 4 nitrogen and oxygen atoms in total. The summed E-state index contributed by atoms with van der Waals surface area (Å²) in [5.41, 5.74) is 3.72. The molecule has 2 rings (SSSR count). The van der Waals surface area contributed by atoms with Crippen LogP contribution < -0.4 is 5.32 Å². The lowest BCUT2D eigenvalue weighted by Gasteiger charge is -2.07. The third-order valence-electron chi connectivity index (χ3n) is 2.73. The van der Waals surface area contributed by atoms with Crippen LogP contribution in [0.1, 0.15) is 27.2 Å². The van der Waals surface area contributed by atoms with Gasteiger partial charge in [-0.3, -0.25) is 9.48 Å². The van der Waals surface area contributed by atoms with E-state index in [1.165, 1.54) is 0 Å². The fourth-order valence-electron chi connectivity index (χ4n) is 2.02. The van der Waals surface area contributed by atoms with E-state index in [0.717, 1.165) is 16.8 Å². The van der Waals surface area contributed by atoms with Gasteiger partial charge >= 0.3 is 0 Å². The molecule has 0 unspecified atom stereocenters. The van der Waals surface area contributed by atoms with Crippen molar-refractivity contribution in [3.8, 4) is 0 Å². The highest BCUT2D eigenvalue weighted by molar-refractivity contribution is 6.04. The Morgan fingerprint density at radius 2 is 1.72 bits per heavy atom. The van der Waals surface area contributed by atoms with Crippen molar-refractivity contribution in [1.29, 1.82) is 0 Å². The third-order valence-corrected chi connectivity index (χ3v) is 2.73. The predicted octanol–water partition coefficient (Wildman–Crippen LogP) is 2.60. The van der Waals surface area contributed by atoms with Gasteiger partial charge in [0.1, 0.15) is 5.82 Å². The van der Waals surface area contributed by atoms with Crippen LogP contribution in [0.3, 0.4) is 0 Å². The van der Waals surface area contributed by atoms with E-state index >= 15 is 0 Å². The summed E-state index contributed by atoms with van der Waals surface area (Å²) in [5.74, 6) is 0.599. The fraction of sp³-hybridized carbons (Fsp3) is 0.286. The molecule has 94 valence electrons. The molecule has 1 heterocycles. The number of carbonyl (C=O) groups is 1. The number of aromatic nitrogens is 2.